The van der Waals surface area contributed by atoms with Crippen molar-refractivity contribution in [2.24, 2.45) is 0 Å². The molecule has 0 amide bonds. The van der Waals surface area contributed by atoms with E-state index >= 15 is 0 Å². The second-order valence-corrected chi connectivity index (χ2v) is 6.24. The molecule has 2 aromatic heterocycles. The summed E-state index contributed by atoms with van der Waals surface area (Å²) in [5, 5.41) is 18.9. The lowest BCUT2D eigenvalue weighted by Crippen LogP contribution is -2.47. The molecule has 1 N–H and O–H groups in total. The SMILES string of the molecule is Cc1cc(C)n(CC2CN(CC(O)Cn3cccn3)CCO2)n1. The lowest BCUT2D eigenvalue weighted by atomic mass is 10.2. The van der Waals surface area contributed by atoms with Gasteiger partial charge in [-0.25, -0.2) is 0 Å². The largest absolute Gasteiger partial charge is 0.390 e. The smallest absolute Gasteiger partial charge is 0.0898 e. The summed E-state index contributed by atoms with van der Waals surface area (Å²) in [4.78, 5) is 2.26. The summed E-state index contributed by atoms with van der Waals surface area (Å²) in [7, 11) is 0. The number of morpholine rings is 1. The van der Waals surface area contributed by atoms with Gasteiger partial charge in [0, 0.05) is 37.7 Å². The Balaban J connectivity index is 1.50. The van der Waals surface area contributed by atoms with Crippen LogP contribution in [0.5, 0.6) is 0 Å². The molecule has 23 heavy (non-hydrogen) atoms. The van der Waals surface area contributed by atoms with Gasteiger partial charge in [0.05, 0.1) is 37.6 Å². The molecule has 1 fully saturated rings. The van der Waals surface area contributed by atoms with Crippen molar-refractivity contribution in [3.05, 3.63) is 35.9 Å². The van der Waals surface area contributed by atoms with Crippen molar-refractivity contribution in [2.45, 2.75) is 39.1 Å². The van der Waals surface area contributed by atoms with Crippen LogP contribution < -0.4 is 0 Å². The van der Waals surface area contributed by atoms with E-state index < -0.39 is 6.10 Å². The van der Waals surface area contributed by atoms with Gasteiger partial charge in [-0.1, -0.05) is 0 Å². The molecule has 0 aromatic carbocycles. The Morgan fingerprint density at radius 3 is 2.96 bits per heavy atom. The van der Waals surface area contributed by atoms with Crippen LogP contribution in [0.1, 0.15) is 11.4 Å². The van der Waals surface area contributed by atoms with Gasteiger partial charge in [0.15, 0.2) is 0 Å². The molecule has 1 saturated heterocycles. The summed E-state index contributed by atoms with van der Waals surface area (Å²) in [5.74, 6) is 0. The third kappa shape index (κ3) is 4.40. The average molecular weight is 319 g/mol. The Kier molecular flexibility index (Phi) is 5.09. The van der Waals surface area contributed by atoms with Crippen LogP contribution in [0.4, 0.5) is 0 Å². The minimum absolute atomic E-state index is 0.110. The van der Waals surface area contributed by atoms with Crippen LogP contribution in [0, 0.1) is 13.8 Å². The summed E-state index contributed by atoms with van der Waals surface area (Å²) >= 11 is 0. The van der Waals surface area contributed by atoms with Crippen LogP contribution in [0.2, 0.25) is 0 Å². The molecule has 0 saturated carbocycles. The van der Waals surface area contributed by atoms with Crippen LogP contribution in [-0.2, 0) is 17.8 Å². The number of ether oxygens (including phenoxy) is 1. The maximum absolute atomic E-state index is 10.2. The molecule has 0 aliphatic carbocycles. The Morgan fingerprint density at radius 1 is 1.39 bits per heavy atom. The number of aliphatic hydroxyl groups is 1. The van der Waals surface area contributed by atoms with Gasteiger partial charge >= 0.3 is 0 Å². The Morgan fingerprint density at radius 2 is 2.26 bits per heavy atom. The van der Waals surface area contributed by atoms with Crippen molar-refractivity contribution in [1.29, 1.82) is 0 Å². The Bertz CT molecular complexity index is 610. The number of aryl methyl sites for hydroxylation is 2. The average Bonchev–Trinajstić information content (AvgIpc) is 3.09. The first-order chi connectivity index (χ1) is 11.1. The summed E-state index contributed by atoms with van der Waals surface area (Å²) in [6, 6.07) is 3.94. The van der Waals surface area contributed by atoms with E-state index in [9.17, 15) is 5.11 Å². The molecule has 3 heterocycles. The van der Waals surface area contributed by atoms with Crippen molar-refractivity contribution >= 4 is 0 Å². The molecule has 2 aromatic rings. The number of hydrogen-bond donors (Lipinski definition) is 1. The number of rotatable bonds is 6. The Hall–Kier alpha value is -1.70. The first-order valence-corrected chi connectivity index (χ1v) is 8.10. The zero-order chi connectivity index (χ0) is 16.2. The number of nitrogens with zero attached hydrogens (tertiary/aromatic N) is 5. The number of β-amino-alcohol motifs (C(OH)–C–C–N with tert-alkyl or cyclic N) is 1. The van der Waals surface area contributed by atoms with Gasteiger partial charge in [-0.3, -0.25) is 14.3 Å². The van der Waals surface area contributed by atoms with E-state index in [1.165, 1.54) is 0 Å². The molecule has 7 nitrogen and oxygen atoms in total. The highest BCUT2D eigenvalue weighted by molar-refractivity contribution is 5.06. The molecule has 0 radical (unpaired) electrons. The third-order valence-corrected chi connectivity index (χ3v) is 4.13. The maximum atomic E-state index is 10.2. The lowest BCUT2D eigenvalue weighted by Gasteiger charge is -2.34. The van der Waals surface area contributed by atoms with Gasteiger partial charge in [-0.2, -0.15) is 10.2 Å². The second-order valence-electron chi connectivity index (χ2n) is 6.24. The summed E-state index contributed by atoms with van der Waals surface area (Å²) in [6.45, 7) is 8.34. The first kappa shape index (κ1) is 16.2. The fourth-order valence-corrected chi connectivity index (χ4v) is 3.09. The zero-order valence-corrected chi connectivity index (χ0v) is 13.8. The zero-order valence-electron chi connectivity index (χ0n) is 13.8. The maximum Gasteiger partial charge on any atom is 0.0898 e. The predicted octanol–water partition coefficient (Wildman–Crippen LogP) is 0.458. The van der Waals surface area contributed by atoms with Crippen LogP contribution in [0.3, 0.4) is 0 Å². The van der Waals surface area contributed by atoms with E-state index in [0.717, 1.165) is 31.0 Å². The molecule has 1 aliphatic rings. The van der Waals surface area contributed by atoms with Crippen LogP contribution >= 0.6 is 0 Å². The molecule has 0 bridgehead atoms. The van der Waals surface area contributed by atoms with E-state index in [0.29, 0.717) is 19.7 Å². The fraction of sp³-hybridized carbons (Fsp3) is 0.625. The summed E-state index contributed by atoms with van der Waals surface area (Å²) < 4.78 is 9.63. The van der Waals surface area contributed by atoms with E-state index in [1.807, 2.05) is 23.9 Å². The van der Waals surface area contributed by atoms with Gasteiger partial charge in [0.2, 0.25) is 0 Å². The third-order valence-electron chi connectivity index (χ3n) is 4.13. The molecule has 2 atom stereocenters. The molecule has 126 valence electrons. The van der Waals surface area contributed by atoms with E-state index in [1.54, 1.807) is 10.9 Å². The number of aromatic nitrogens is 4. The quantitative estimate of drug-likeness (QED) is 0.838. The van der Waals surface area contributed by atoms with Crippen molar-refractivity contribution in [3.8, 4) is 0 Å². The van der Waals surface area contributed by atoms with Crippen molar-refractivity contribution < 1.29 is 9.84 Å². The molecule has 2 unspecified atom stereocenters. The van der Waals surface area contributed by atoms with E-state index in [2.05, 4.69) is 28.1 Å². The standard InChI is InChI=1S/C16H25N5O2/c1-13-8-14(2)21(18-13)12-16-11-19(6-7-23-16)9-15(22)10-20-5-3-4-17-20/h3-5,8,15-16,22H,6-7,9-12H2,1-2H3. The van der Waals surface area contributed by atoms with Crippen LogP contribution in [-0.4, -0.2) is 68.0 Å². The molecule has 7 heteroatoms. The molecular weight excluding hydrogens is 294 g/mol. The minimum Gasteiger partial charge on any atom is -0.390 e. The van der Waals surface area contributed by atoms with Gasteiger partial charge in [-0.05, 0) is 26.0 Å². The molecule has 0 spiro atoms. The molecular formula is C16H25N5O2. The fourth-order valence-electron chi connectivity index (χ4n) is 3.09. The van der Waals surface area contributed by atoms with Gasteiger partial charge in [-0.15, -0.1) is 0 Å². The van der Waals surface area contributed by atoms with Gasteiger partial charge in [0.1, 0.15) is 0 Å². The van der Waals surface area contributed by atoms with Crippen molar-refractivity contribution in [3.63, 3.8) is 0 Å². The summed E-state index contributed by atoms with van der Waals surface area (Å²) in [6.07, 6.45) is 3.28. The predicted molar refractivity (Wildman–Crippen MR) is 86.1 cm³/mol. The highest BCUT2D eigenvalue weighted by atomic mass is 16.5. The van der Waals surface area contributed by atoms with Crippen LogP contribution in [0.25, 0.3) is 0 Å². The number of hydrogen-bond acceptors (Lipinski definition) is 5. The topological polar surface area (TPSA) is 68.3 Å². The van der Waals surface area contributed by atoms with Gasteiger partial charge in [0.25, 0.3) is 0 Å². The highest BCUT2D eigenvalue weighted by Crippen LogP contribution is 2.11. The van der Waals surface area contributed by atoms with Crippen molar-refractivity contribution in [1.82, 2.24) is 24.5 Å². The summed E-state index contributed by atoms with van der Waals surface area (Å²) in [5.41, 5.74) is 2.19. The highest BCUT2D eigenvalue weighted by Gasteiger charge is 2.23. The van der Waals surface area contributed by atoms with Gasteiger partial charge < -0.3 is 9.84 Å². The Labute approximate surface area is 136 Å². The van der Waals surface area contributed by atoms with Crippen LogP contribution in [0.15, 0.2) is 24.5 Å². The molecule has 1 aliphatic heterocycles. The first-order valence-electron chi connectivity index (χ1n) is 8.10. The minimum atomic E-state index is -0.428. The number of aliphatic hydroxyl groups excluding tert-OH is 1. The lowest BCUT2D eigenvalue weighted by molar-refractivity contribution is -0.0500. The molecule has 3 rings (SSSR count). The second kappa shape index (κ2) is 7.25. The van der Waals surface area contributed by atoms with E-state index in [4.69, 9.17) is 4.74 Å². The van der Waals surface area contributed by atoms with Crippen molar-refractivity contribution in [2.75, 3.05) is 26.2 Å². The van der Waals surface area contributed by atoms with E-state index in [-0.39, 0.29) is 6.10 Å². The monoisotopic (exact) mass is 319 g/mol. The normalized spacial score (nSPS) is 20.7.